The topological polar surface area (TPSA) is 59.6 Å². The van der Waals surface area contributed by atoms with Crippen molar-refractivity contribution in [2.45, 2.75) is 19.4 Å². The van der Waals surface area contributed by atoms with Gasteiger partial charge in [0.05, 0.1) is 6.61 Å². The van der Waals surface area contributed by atoms with Gasteiger partial charge in [0.25, 0.3) is 0 Å². The number of anilines is 1. The quantitative estimate of drug-likeness (QED) is 0.784. The van der Waals surface area contributed by atoms with E-state index in [0.717, 1.165) is 43.1 Å². The van der Waals surface area contributed by atoms with Crippen LogP contribution in [0.15, 0.2) is 48.5 Å². The van der Waals surface area contributed by atoms with Crippen molar-refractivity contribution in [2.24, 2.45) is 5.92 Å². The molecule has 1 saturated heterocycles. The molecule has 1 aliphatic rings. The van der Waals surface area contributed by atoms with Crippen LogP contribution in [0.3, 0.4) is 0 Å². The monoisotopic (exact) mass is 374 g/mol. The van der Waals surface area contributed by atoms with Gasteiger partial charge in [-0.15, -0.1) is 0 Å². The average molecular weight is 375 g/mol. The maximum atomic E-state index is 12.0. The lowest BCUT2D eigenvalue weighted by molar-refractivity contribution is 0.0497. The number of hydrogen-bond donors (Lipinski definition) is 2. The average Bonchev–Trinajstić information content (AvgIpc) is 2.68. The highest BCUT2D eigenvalue weighted by molar-refractivity contribution is 6.30. The van der Waals surface area contributed by atoms with Gasteiger partial charge in [0.15, 0.2) is 0 Å². The Morgan fingerprint density at radius 3 is 2.46 bits per heavy atom. The SMILES string of the molecule is O=C(NCc1ccc(Cl)cc1)Nc1ccc(OCC2CCOCC2)cc1. The number of amides is 2. The first-order chi connectivity index (χ1) is 12.7. The standard InChI is InChI=1S/C20H23ClN2O3/c21-17-3-1-15(2-4-17)13-22-20(24)23-18-5-7-19(8-6-18)26-14-16-9-11-25-12-10-16/h1-8,16H,9-14H2,(H2,22,23,24). The molecule has 6 heteroatoms. The Morgan fingerprint density at radius 1 is 1.08 bits per heavy atom. The van der Waals surface area contributed by atoms with Gasteiger partial charge in [0.1, 0.15) is 5.75 Å². The second kappa shape index (κ2) is 9.46. The summed E-state index contributed by atoms with van der Waals surface area (Å²) in [5.41, 5.74) is 1.71. The van der Waals surface area contributed by atoms with E-state index in [1.165, 1.54) is 0 Å². The largest absolute Gasteiger partial charge is 0.493 e. The number of halogens is 1. The van der Waals surface area contributed by atoms with Crippen molar-refractivity contribution in [1.29, 1.82) is 0 Å². The normalized spacial score (nSPS) is 14.7. The molecule has 2 N–H and O–H groups in total. The maximum absolute atomic E-state index is 12.0. The van der Waals surface area contributed by atoms with Gasteiger partial charge in [0, 0.05) is 30.5 Å². The Bertz CT molecular complexity index is 698. The fourth-order valence-corrected chi connectivity index (χ4v) is 2.85. The molecule has 0 saturated carbocycles. The Hall–Kier alpha value is -2.24. The van der Waals surface area contributed by atoms with E-state index in [4.69, 9.17) is 21.1 Å². The molecule has 0 atom stereocenters. The van der Waals surface area contributed by atoms with E-state index in [9.17, 15) is 4.79 Å². The molecule has 26 heavy (non-hydrogen) atoms. The lowest BCUT2D eigenvalue weighted by Crippen LogP contribution is -2.28. The molecule has 0 radical (unpaired) electrons. The smallest absolute Gasteiger partial charge is 0.319 e. The van der Waals surface area contributed by atoms with Crippen LogP contribution in [-0.4, -0.2) is 25.9 Å². The van der Waals surface area contributed by atoms with Crippen LogP contribution in [0.4, 0.5) is 10.5 Å². The molecule has 3 rings (SSSR count). The third kappa shape index (κ3) is 5.93. The Kier molecular flexibility index (Phi) is 6.75. The molecular weight excluding hydrogens is 352 g/mol. The van der Waals surface area contributed by atoms with Crippen LogP contribution in [0.25, 0.3) is 0 Å². The van der Waals surface area contributed by atoms with Gasteiger partial charge in [-0.3, -0.25) is 0 Å². The molecule has 0 aromatic heterocycles. The number of urea groups is 1. The maximum Gasteiger partial charge on any atom is 0.319 e. The summed E-state index contributed by atoms with van der Waals surface area (Å²) in [6.07, 6.45) is 2.10. The van der Waals surface area contributed by atoms with Crippen LogP contribution >= 0.6 is 11.6 Å². The first-order valence-corrected chi connectivity index (χ1v) is 9.17. The first-order valence-electron chi connectivity index (χ1n) is 8.79. The zero-order chi connectivity index (χ0) is 18.2. The van der Waals surface area contributed by atoms with E-state index in [1.807, 2.05) is 36.4 Å². The highest BCUT2D eigenvalue weighted by atomic mass is 35.5. The Balaban J connectivity index is 1.41. The predicted molar refractivity (Wildman–Crippen MR) is 103 cm³/mol. The fraction of sp³-hybridized carbons (Fsp3) is 0.350. The number of benzene rings is 2. The Labute approximate surface area is 158 Å². The van der Waals surface area contributed by atoms with Gasteiger partial charge in [0.2, 0.25) is 0 Å². The van der Waals surface area contributed by atoms with E-state index in [-0.39, 0.29) is 6.03 Å². The second-order valence-electron chi connectivity index (χ2n) is 6.33. The molecule has 1 heterocycles. The van der Waals surface area contributed by atoms with Crippen molar-refractivity contribution in [3.8, 4) is 5.75 Å². The van der Waals surface area contributed by atoms with Crippen molar-refractivity contribution < 1.29 is 14.3 Å². The molecule has 138 valence electrons. The van der Waals surface area contributed by atoms with Gasteiger partial charge in [-0.1, -0.05) is 23.7 Å². The van der Waals surface area contributed by atoms with Crippen LogP contribution in [0, 0.1) is 5.92 Å². The minimum absolute atomic E-state index is 0.254. The molecule has 0 unspecified atom stereocenters. The third-order valence-electron chi connectivity index (χ3n) is 4.31. The van der Waals surface area contributed by atoms with Gasteiger partial charge in [-0.2, -0.15) is 0 Å². The highest BCUT2D eigenvalue weighted by Crippen LogP contribution is 2.19. The summed E-state index contributed by atoms with van der Waals surface area (Å²) in [7, 11) is 0. The van der Waals surface area contributed by atoms with Crippen LogP contribution in [0.1, 0.15) is 18.4 Å². The Morgan fingerprint density at radius 2 is 1.77 bits per heavy atom. The third-order valence-corrected chi connectivity index (χ3v) is 4.56. The highest BCUT2D eigenvalue weighted by Gasteiger charge is 2.14. The molecule has 2 aromatic rings. The molecule has 5 nitrogen and oxygen atoms in total. The van der Waals surface area contributed by atoms with Gasteiger partial charge in [-0.25, -0.2) is 4.79 Å². The molecule has 0 spiro atoms. The molecule has 1 fully saturated rings. The first kappa shape index (κ1) is 18.5. The summed E-state index contributed by atoms with van der Waals surface area (Å²) < 4.78 is 11.2. The van der Waals surface area contributed by atoms with Crippen LogP contribution in [0.5, 0.6) is 5.75 Å². The summed E-state index contributed by atoms with van der Waals surface area (Å²) in [6, 6.07) is 14.5. The van der Waals surface area contributed by atoms with Gasteiger partial charge >= 0.3 is 6.03 Å². The van der Waals surface area contributed by atoms with E-state index < -0.39 is 0 Å². The lowest BCUT2D eigenvalue weighted by Gasteiger charge is -2.22. The van der Waals surface area contributed by atoms with E-state index in [0.29, 0.717) is 24.1 Å². The summed E-state index contributed by atoms with van der Waals surface area (Å²) in [5, 5.41) is 6.30. The summed E-state index contributed by atoms with van der Waals surface area (Å²) in [4.78, 5) is 12.0. The van der Waals surface area contributed by atoms with Gasteiger partial charge in [-0.05, 0) is 60.7 Å². The van der Waals surface area contributed by atoms with Crippen LogP contribution in [-0.2, 0) is 11.3 Å². The number of hydrogen-bond acceptors (Lipinski definition) is 3. The summed E-state index contributed by atoms with van der Waals surface area (Å²) in [5.74, 6) is 1.36. The van der Waals surface area contributed by atoms with E-state index in [2.05, 4.69) is 10.6 Å². The molecule has 0 bridgehead atoms. The zero-order valence-electron chi connectivity index (χ0n) is 14.5. The molecular formula is C20H23ClN2O3. The number of ether oxygens (including phenoxy) is 2. The van der Waals surface area contributed by atoms with E-state index >= 15 is 0 Å². The van der Waals surface area contributed by atoms with Crippen molar-refractivity contribution in [3.63, 3.8) is 0 Å². The molecule has 2 aromatic carbocycles. The summed E-state index contributed by atoms with van der Waals surface area (Å²) in [6.45, 7) is 2.79. The zero-order valence-corrected chi connectivity index (χ0v) is 15.3. The molecule has 0 aliphatic carbocycles. The van der Waals surface area contributed by atoms with Crippen molar-refractivity contribution in [3.05, 3.63) is 59.1 Å². The minimum atomic E-state index is -0.254. The summed E-state index contributed by atoms with van der Waals surface area (Å²) >= 11 is 5.85. The van der Waals surface area contributed by atoms with Crippen LogP contribution in [0.2, 0.25) is 5.02 Å². The predicted octanol–water partition coefficient (Wildman–Crippen LogP) is 4.47. The van der Waals surface area contributed by atoms with Crippen molar-refractivity contribution in [1.82, 2.24) is 5.32 Å². The number of carbonyl (C=O) groups is 1. The lowest BCUT2D eigenvalue weighted by atomic mass is 10.0. The molecule has 1 aliphatic heterocycles. The fourth-order valence-electron chi connectivity index (χ4n) is 2.72. The van der Waals surface area contributed by atoms with Crippen molar-refractivity contribution in [2.75, 3.05) is 25.1 Å². The minimum Gasteiger partial charge on any atom is -0.493 e. The number of nitrogens with one attached hydrogen (secondary N) is 2. The number of rotatable bonds is 6. The van der Waals surface area contributed by atoms with E-state index in [1.54, 1.807) is 12.1 Å². The van der Waals surface area contributed by atoms with Gasteiger partial charge < -0.3 is 20.1 Å². The van der Waals surface area contributed by atoms with Crippen LogP contribution < -0.4 is 15.4 Å². The second-order valence-corrected chi connectivity index (χ2v) is 6.76. The molecule has 2 amide bonds. The van der Waals surface area contributed by atoms with Crippen molar-refractivity contribution >= 4 is 23.3 Å². The number of carbonyl (C=O) groups excluding carboxylic acids is 1.